The van der Waals surface area contributed by atoms with Crippen LogP contribution in [0.4, 0.5) is 0 Å². The molecule has 3 nitrogen and oxygen atoms in total. The number of likely N-dealkylation sites (N-methyl/N-ethyl adjacent to an activating group) is 1. The Morgan fingerprint density at radius 1 is 1.71 bits per heavy atom. The molecule has 4 heteroatoms. The third-order valence-corrected chi connectivity index (χ3v) is 2.54. The minimum absolute atomic E-state index is 0.657. The Morgan fingerprint density at radius 2 is 2.50 bits per heavy atom. The van der Waals surface area contributed by atoms with Crippen LogP contribution in [0.15, 0.2) is 29.7 Å². The van der Waals surface area contributed by atoms with Gasteiger partial charge in [0.15, 0.2) is 0 Å². The molecule has 0 bridgehead atoms. The van der Waals surface area contributed by atoms with E-state index in [1.165, 1.54) is 11.0 Å². The van der Waals surface area contributed by atoms with Crippen LogP contribution in [0.3, 0.4) is 0 Å². The first-order valence-electron chi connectivity index (χ1n) is 4.29. The zero-order valence-electron chi connectivity index (χ0n) is 8.01. The summed E-state index contributed by atoms with van der Waals surface area (Å²) in [5.74, 6) is -0.894. The number of hydrogen-bond donors (Lipinski definition) is 1. The fourth-order valence-electron chi connectivity index (χ4n) is 1.07. The minimum Gasteiger partial charge on any atom is -0.478 e. The highest BCUT2D eigenvalue weighted by atomic mass is 32.1. The lowest BCUT2D eigenvalue weighted by Gasteiger charge is -2.12. The van der Waals surface area contributed by atoms with E-state index in [1.54, 1.807) is 17.4 Å². The Labute approximate surface area is 87.3 Å². The van der Waals surface area contributed by atoms with Crippen molar-refractivity contribution in [3.63, 3.8) is 0 Å². The zero-order chi connectivity index (χ0) is 10.4. The normalized spacial score (nSPS) is 11.3. The SMILES string of the molecule is CN(C/C=C/C(=O)O)Cc1cccs1. The number of carboxylic acids is 1. The molecule has 0 unspecified atom stereocenters. The van der Waals surface area contributed by atoms with Crippen LogP contribution in [-0.4, -0.2) is 29.6 Å². The van der Waals surface area contributed by atoms with E-state index in [4.69, 9.17) is 5.11 Å². The third-order valence-electron chi connectivity index (χ3n) is 1.68. The van der Waals surface area contributed by atoms with E-state index in [-0.39, 0.29) is 0 Å². The number of aliphatic carboxylic acids is 1. The molecule has 1 aromatic heterocycles. The predicted octanol–water partition coefficient (Wildman–Crippen LogP) is 1.82. The van der Waals surface area contributed by atoms with Gasteiger partial charge in [0.1, 0.15) is 0 Å². The molecule has 0 aliphatic carbocycles. The molecule has 14 heavy (non-hydrogen) atoms. The van der Waals surface area contributed by atoms with E-state index in [2.05, 4.69) is 11.0 Å². The van der Waals surface area contributed by atoms with Gasteiger partial charge in [0.05, 0.1) is 0 Å². The van der Waals surface area contributed by atoms with Crippen LogP contribution in [0.2, 0.25) is 0 Å². The van der Waals surface area contributed by atoms with Crippen molar-refractivity contribution in [1.82, 2.24) is 4.90 Å². The summed E-state index contributed by atoms with van der Waals surface area (Å²) in [4.78, 5) is 13.5. The molecule has 0 fully saturated rings. The van der Waals surface area contributed by atoms with Crippen LogP contribution < -0.4 is 0 Å². The third kappa shape index (κ3) is 4.20. The molecule has 1 heterocycles. The number of rotatable bonds is 5. The molecule has 1 rings (SSSR count). The zero-order valence-corrected chi connectivity index (χ0v) is 8.83. The van der Waals surface area contributed by atoms with E-state index >= 15 is 0 Å². The van der Waals surface area contributed by atoms with Crippen LogP contribution in [0.1, 0.15) is 4.88 Å². The fourth-order valence-corrected chi connectivity index (χ4v) is 1.85. The highest BCUT2D eigenvalue weighted by Gasteiger charge is 1.98. The summed E-state index contributed by atoms with van der Waals surface area (Å²) in [5.41, 5.74) is 0. The second-order valence-corrected chi connectivity index (χ2v) is 4.05. The Kier molecular flexibility index (Phi) is 4.35. The van der Waals surface area contributed by atoms with Gasteiger partial charge < -0.3 is 5.11 Å². The smallest absolute Gasteiger partial charge is 0.328 e. The van der Waals surface area contributed by atoms with Crippen molar-refractivity contribution in [2.75, 3.05) is 13.6 Å². The topological polar surface area (TPSA) is 40.5 Å². The monoisotopic (exact) mass is 211 g/mol. The average Bonchev–Trinajstić information content (AvgIpc) is 2.56. The van der Waals surface area contributed by atoms with Crippen molar-refractivity contribution in [3.05, 3.63) is 34.5 Å². The summed E-state index contributed by atoms with van der Waals surface area (Å²) >= 11 is 1.71. The van der Waals surface area contributed by atoms with Gasteiger partial charge in [-0.1, -0.05) is 12.1 Å². The molecule has 0 saturated carbocycles. The van der Waals surface area contributed by atoms with Crippen molar-refractivity contribution in [2.24, 2.45) is 0 Å². The maximum absolute atomic E-state index is 10.2. The average molecular weight is 211 g/mol. The summed E-state index contributed by atoms with van der Waals surface area (Å²) in [7, 11) is 1.96. The van der Waals surface area contributed by atoms with E-state index in [1.807, 2.05) is 18.5 Å². The van der Waals surface area contributed by atoms with Gasteiger partial charge in [-0.15, -0.1) is 11.3 Å². The highest BCUT2D eigenvalue weighted by Crippen LogP contribution is 2.10. The van der Waals surface area contributed by atoms with E-state index in [9.17, 15) is 4.79 Å². The van der Waals surface area contributed by atoms with Crippen LogP contribution in [0.5, 0.6) is 0 Å². The maximum Gasteiger partial charge on any atom is 0.328 e. The number of nitrogens with zero attached hydrogens (tertiary/aromatic N) is 1. The molecular formula is C10H13NO2S. The molecule has 0 atom stereocenters. The second-order valence-electron chi connectivity index (χ2n) is 3.02. The molecule has 0 spiro atoms. The van der Waals surface area contributed by atoms with Gasteiger partial charge >= 0.3 is 5.97 Å². The lowest BCUT2D eigenvalue weighted by atomic mass is 10.4. The van der Waals surface area contributed by atoms with Crippen molar-refractivity contribution in [2.45, 2.75) is 6.54 Å². The Hall–Kier alpha value is -1.13. The summed E-state index contributed by atoms with van der Waals surface area (Å²) < 4.78 is 0. The predicted molar refractivity (Wildman–Crippen MR) is 57.4 cm³/mol. The molecule has 0 saturated heterocycles. The van der Waals surface area contributed by atoms with Crippen molar-refractivity contribution in [1.29, 1.82) is 0 Å². The first-order valence-corrected chi connectivity index (χ1v) is 5.17. The largest absolute Gasteiger partial charge is 0.478 e. The lowest BCUT2D eigenvalue weighted by Crippen LogP contribution is -2.17. The summed E-state index contributed by atoms with van der Waals surface area (Å²) in [6.07, 6.45) is 2.82. The van der Waals surface area contributed by atoms with Gasteiger partial charge in [-0.25, -0.2) is 4.79 Å². The molecule has 0 aromatic carbocycles. The molecule has 76 valence electrons. The maximum atomic E-state index is 10.2. The quantitative estimate of drug-likeness (QED) is 0.755. The summed E-state index contributed by atoms with van der Waals surface area (Å²) in [6, 6.07) is 4.09. The van der Waals surface area contributed by atoms with Crippen molar-refractivity contribution in [3.8, 4) is 0 Å². The lowest BCUT2D eigenvalue weighted by molar-refractivity contribution is -0.131. The number of thiophene rings is 1. The standard InChI is InChI=1S/C10H13NO2S/c1-11(6-2-5-10(12)13)8-9-4-3-7-14-9/h2-5,7H,6,8H2,1H3,(H,12,13)/b5-2+. The fraction of sp³-hybridized carbons (Fsp3) is 0.300. The number of carbonyl (C=O) groups is 1. The molecule has 0 aliphatic heterocycles. The second kappa shape index (κ2) is 5.57. The minimum atomic E-state index is -0.894. The van der Waals surface area contributed by atoms with Crippen molar-refractivity contribution >= 4 is 17.3 Å². The molecule has 1 N–H and O–H groups in total. The van der Waals surface area contributed by atoms with Gasteiger partial charge in [-0.2, -0.15) is 0 Å². The number of carboxylic acid groups (broad SMARTS) is 1. The van der Waals surface area contributed by atoms with Crippen LogP contribution >= 0.6 is 11.3 Å². The summed E-state index contributed by atoms with van der Waals surface area (Å²) in [5, 5.41) is 10.4. The molecule has 0 radical (unpaired) electrons. The van der Waals surface area contributed by atoms with E-state index in [0.717, 1.165) is 6.54 Å². The van der Waals surface area contributed by atoms with Crippen LogP contribution in [0, 0.1) is 0 Å². The Morgan fingerprint density at radius 3 is 3.07 bits per heavy atom. The number of hydrogen-bond acceptors (Lipinski definition) is 3. The van der Waals surface area contributed by atoms with Gasteiger partial charge in [-0.05, 0) is 18.5 Å². The van der Waals surface area contributed by atoms with Crippen LogP contribution in [-0.2, 0) is 11.3 Å². The van der Waals surface area contributed by atoms with Crippen LogP contribution in [0.25, 0.3) is 0 Å². The van der Waals surface area contributed by atoms with E-state index < -0.39 is 5.97 Å². The first kappa shape index (κ1) is 10.9. The van der Waals surface area contributed by atoms with Gasteiger partial charge in [0.25, 0.3) is 0 Å². The van der Waals surface area contributed by atoms with Crippen molar-refractivity contribution < 1.29 is 9.90 Å². The summed E-state index contributed by atoms with van der Waals surface area (Å²) in [6.45, 7) is 1.52. The first-order chi connectivity index (χ1) is 6.68. The van der Waals surface area contributed by atoms with Gasteiger partial charge in [0, 0.05) is 24.0 Å². The van der Waals surface area contributed by atoms with E-state index in [0.29, 0.717) is 6.54 Å². The molecule has 1 aromatic rings. The Bertz CT molecular complexity index is 306. The molecule has 0 amide bonds. The molecule has 0 aliphatic rings. The van der Waals surface area contributed by atoms with Gasteiger partial charge in [0.2, 0.25) is 0 Å². The molecular weight excluding hydrogens is 198 g/mol. The Balaban J connectivity index is 2.29. The van der Waals surface area contributed by atoms with Gasteiger partial charge in [-0.3, -0.25) is 4.90 Å². The highest BCUT2D eigenvalue weighted by molar-refractivity contribution is 7.09.